The van der Waals surface area contributed by atoms with Crippen molar-refractivity contribution in [3.8, 4) is 0 Å². The Bertz CT molecular complexity index is 990. The number of hydrogen-bond donors (Lipinski definition) is 2. The Morgan fingerprint density at radius 3 is 2.53 bits per heavy atom. The summed E-state index contributed by atoms with van der Waals surface area (Å²) in [4.78, 5) is 54.7. The lowest BCUT2D eigenvalue weighted by Gasteiger charge is -2.23. The molecule has 8 nitrogen and oxygen atoms in total. The van der Waals surface area contributed by atoms with Gasteiger partial charge in [0.05, 0.1) is 18.3 Å². The van der Waals surface area contributed by atoms with E-state index in [1.165, 1.54) is 0 Å². The maximum atomic E-state index is 13.0. The van der Waals surface area contributed by atoms with E-state index in [0.717, 1.165) is 5.56 Å². The van der Waals surface area contributed by atoms with Gasteiger partial charge in [-0.1, -0.05) is 50.2 Å². The average molecular weight is 437 g/mol. The Balaban J connectivity index is 1.66. The van der Waals surface area contributed by atoms with Gasteiger partial charge in [0.1, 0.15) is 6.61 Å². The lowest BCUT2D eigenvalue weighted by molar-refractivity contribution is -0.141. The lowest BCUT2D eigenvalue weighted by atomic mass is 9.87. The molecule has 2 heterocycles. The van der Waals surface area contributed by atoms with Gasteiger partial charge in [-0.15, -0.1) is 0 Å². The fourth-order valence-corrected chi connectivity index (χ4v) is 3.58. The number of rotatable bonds is 7. The number of aromatic nitrogens is 1. The van der Waals surface area contributed by atoms with Gasteiger partial charge in [0, 0.05) is 24.5 Å². The standard InChI is InChI=1S/C24H27N3O5/c1-15(2)21(27-24(31)32-14-16-7-4-3-5-8-16)20(28)12-17-11-18-9-6-10-19(26-18)13-25-23(30)22(17)29/h3-10,15,17,21H,11-14H2,1-2H3,(H,25,30)(H,27,31). The highest BCUT2D eigenvalue weighted by molar-refractivity contribution is 6.37. The smallest absolute Gasteiger partial charge is 0.408 e. The van der Waals surface area contributed by atoms with Gasteiger partial charge >= 0.3 is 6.09 Å². The van der Waals surface area contributed by atoms with Crippen LogP contribution in [0.1, 0.15) is 37.2 Å². The molecule has 0 radical (unpaired) electrons. The number of nitrogens with zero attached hydrogens (tertiary/aromatic N) is 1. The number of alkyl carbamates (subject to hydrolysis) is 1. The molecule has 2 unspecified atom stereocenters. The fraction of sp³-hybridized carbons (Fsp3) is 0.375. The van der Waals surface area contributed by atoms with E-state index in [4.69, 9.17) is 4.74 Å². The van der Waals surface area contributed by atoms with Gasteiger partial charge in [0.15, 0.2) is 5.78 Å². The molecule has 1 aromatic carbocycles. The van der Waals surface area contributed by atoms with E-state index in [9.17, 15) is 19.2 Å². The molecule has 2 bridgehead atoms. The Labute approximate surface area is 186 Å². The van der Waals surface area contributed by atoms with Crippen LogP contribution in [-0.4, -0.2) is 34.6 Å². The highest BCUT2D eigenvalue weighted by atomic mass is 16.5. The molecular weight excluding hydrogens is 410 g/mol. The van der Waals surface area contributed by atoms with Crippen LogP contribution in [0.4, 0.5) is 4.79 Å². The van der Waals surface area contributed by atoms with Crippen LogP contribution in [0.15, 0.2) is 48.5 Å². The van der Waals surface area contributed by atoms with E-state index in [-0.39, 0.29) is 37.7 Å². The molecule has 168 valence electrons. The molecule has 1 aliphatic heterocycles. The molecule has 8 heteroatoms. The van der Waals surface area contributed by atoms with E-state index in [0.29, 0.717) is 11.4 Å². The first kappa shape index (κ1) is 23.1. The van der Waals surface area contributed by atoms with Gasteiger partial charge in [-0.2, -0.15) is 0 Å². The van der Waals surface area contributed by atoms with Crippen LogP contribution in [0.5, 0.6) is 0 Å². The highest BCUT2D eigenvalue weighted by Gasteiger charge is 2.33. The molecule has 0 fully saturated rings. The van der Waals surface area contributed by atoms with Crippen LogP contribution < -0.4 is 10.6 Å². The summed E-state index contributed by atoms with van der Waals surface area (Å²) in [6.07, 6.45) is -0.719. The number of fused-ring (bicyclic) bond motifs is 2. The van der Waals surface area contributed by atoms with Gasteiger partial charge < -0.3 is 15.4 Å². The summed E-state index contributed by atoms with van der Waals surface area (Å²) >= 11 is 0. The Morgan fingerprint density at radius 1 is 1.09 bits per heavy atom. The highest BCUT2D eigenvalue weighted by Crippen LogP contribution is 2.18. The van der Waals surface area contributed by atoms with Crippen molar-refractivity contribution >= 4 is 23.6 Å². The Kier molecular flexibility index (Phi) is 7.70. The zero-order valence-corrected chi connectivity index (χ0v) is 18.2. The molecule has 3 rings (SSSR count). The molecule has 2 atom stereocenters. The van der Waals surface area contributed by atoms with Crippen LogP contribution in [0.3, 0.4) is 0 Å². The predicted molar refractivity (Wildman–Crippen MR) is 116 cm³/mol. The molecule has 2 aromatic rings. The minimum atomic E-state index is -0.855. The van der Waals surface area contributed by atoms with Crippen LogP contribution in [0, 0.1) is 11.8 Å². The van der Waals surface area contributed by atoms with E-state index >= 15 is 0 Å². The molecule has 1 aromatic heterocycles. The summed E-state index contributed by atoms with van der Waals surface area (Å²) in [6, 6.07) is 13.7. The number of amides is 2. The third-order valence-corrected chi connectivity index (χ3v) is 5.29. The number of pyridine rings is 1. The van der Waals surface area contributed by atoms with Crippen molar-refractivity contribution in [1.29, 1.82) is 0 Å². The number of benzene rings is 1. The Hall–Kier alpha value is -3.55. The number of ether oxygens (including phenoxy) is 1. The Morgan fingerprint density at radius 2 is 1.81 bits per heavy atom. The summed E-state index contributed by atoms with van der Waals surface area (Å²) in [5.74, 6) is -2.81. The molecule has 0 saturated heterocycles. The van der Waals surface area contributed by atoms with E-state index < -0.39 is 29.7 Å². The number of Topliss-reactive ketones (excluding diaryl/α,β-unsaturated/α-hetero) is 2. The van der Waals surface area contributed by atoms with E-state index in [1.54, 1.807) is 32.0 Å². The van der Waals surface area contributed by atoms with Crippen LogP contribution in [-0.2, 0) is 38.7 Å². The SMILES string of the molecule is CC(C)C(NC(=O)OCc1ccccc1)C(=O)CC1Cc2cccc(n2)CNC(=O)C1=O. The third kappa shape index (κ3) is 6.23. The summed E-state index contributed by atoms with van der Waals surface area (Å²) < 4.78 is 5.23. The maximum absolute atomic E-state index is 13.0. The first-order valence-corrected chi connectivity index (χ1v) is 10.6. The molecular formula is C24H27N3O5. The first-order chi connectivity index (χ1) is 15.3. The predicted octanol–water partition coefficient (Wildman–Crippen LogP) is 2.35. The summed E-state index contributed by atoms with van der Waals surface area (Å²) in [5, 5.41) is 5.16. The van der Waals surface area contributed by atoms with Crippen molar-refractivity contribution < 1.29 is 23.9 Å². The minimum absolute atomic E-state index is 0.0783. The normalized spacial score (nSPS) is 16.9. The number of hydrogen-bond acceptors (Lipinski definition) is 6. The fourth-order valence-electron chi connectivity index (χ4n) is 3.58. The third-order valence-electron chi connectivity index (χ3n) is 5.29. The number of carbonyl (C=O) groups is 4. The van der Waals surface area contributed by atoms with Crippen molar-refractivity contribution in [1.82, 2.24) is 15.6 Å². The quantitative estimate of drug-likeness (QED) is 0.643. The van der Waals surface area contributed by atoms with Crippen molar-refractivity contribution in [2.75, 3.05) is 0 Å². The summed E-state index contributed by atoms with van der Waals surface area (Å²) in [7, 11) is 0. The largest absolute Gasteiger partial charge is 0.445 e. The van der Waals surface area contributed by atoms with Gasteiger partial charge in [-0.25, -0.2) is 4.79 Å². The average Bonchev–Trinajstić information content (AvgIpc) is 2.82. The number of nitrogens with one attached hydrogen (secondary N) is 2. The second kappa shape index (κ2) is 10.7. The maximum Gasteiger partial charge on any atom is 0.408 e. The van der Waals surface area contributed by atoms with E-state index in [2.05, 4.69) is 15.6 Å². The molecule has 32 heavy (non-hydrogen) atoms. The van der Waals surface area contributed by atoms with Crippen LogP contribution in [0.25, 0.3) is 0 Å². The molecule has 0 saturated carbocycles. The van der Waals surface area contributed by atoms with Crippen molar-refractivity contribution in [3.05, 3.63) is 65.5 Å². The lowest BCUT2D eigenvalue weighted by Crippen LogP contribution is -2.46. The number of carbonyl (C=O) groups excluding carboxylic acids is 4. The summed E-state index contributed by atoms with van der Waals surface area (Å²) in [6.45, 7) is 3.82. The summed E-state index contributed by atoms with van der Waals surface area (Å²) in [5.41, 5.74) is 2.12. The van der Waals surface area contributed by atoms with Crippen LogP contribution in [0.2, 0.25) is 0 Å². The van der Waals surface area contributed by atoms with Crippen molar-refractivity contribution in [3.63, 3.8) is 0 Å². The topological polar surface area (TPSA) is 114 Å². The monoisotopic (exact) mass is 437 g/mol. The number of ketones is 2. The van der Waals surface area contributed by atoms with Crippen molar-refractivity contribution in [2.45, 2.75) is 45.9 Å². The van der Waals surface area contributed by atoms with Gasteiger partial charge in [-0.3, -0.25) is 19.4 Å². The molecule has 0 aliphatic carbocycles. The zero-order valence-electron chi connectivity index (χ0n) is 18.2. The second-order valence-corrected chi connectivity index (χ2v) is 8.17. The molecule has 2 N–H and O–H groups in total. The van der Waals surface area contributed by atoms with E-state index in [1.807, 2.05) is 30.3 Å². The molecule has 2 amide bonds. The molecule has 1 aliphatic rings. The van der Waals surface area contributed by atoms with Gasteiger partial charge in [-0.05, 0) is 23.6 Å². The first-order valence-electron chi connectivity index (χ1n) is 10.6. The van der Waals surface area contributed by atoms with Gasteiger partial charge in [0.25, 0.3) is 5.91 Å². The van der Waals surface area contributed by atoms with Gasteiger partial charge in [0.2, 0.25) is 5.78 Å². The minimum Gasteiger partial charge on any atom is -0.445 e. The second-order valence-electron chi connectivity index (χ2n) is 8.17. The zero-order chi connectivity index (χ0) is 23.1. The van der Waals surface area contributed by atoms with Crippen molar-refractivity contribution in [2.24, 2.45) is 11.8 Å². The molecule has 0 spiro atoms. The van der Waals surface area contributed by atoms with Crippen LogP contribution >= 0.6 is 0 Å².